The van der Waals surface area contributed by atoms with Gasteiger partial charge in [0.25, 0.3) is 5.56 Å². The average molecular weight is 404 g/mol. The van der Waals surface area contributed by atoms with Gasteiger partial charge in [-0.05, 0) is 49.9 Å². The number of nitrogens with one attached hydrogen (secondary N) is 1. The second kappa shape index (κ2) is 8.31. The fraction of sp³-hybridized carbons (Fsp3) is 0.409. The van der Waals surface area contributed by atoms with Gasteiger partial charge in [0, 0.05) is 42.0 Å². The van der Waals surface area contributed by atoms with Gasteiger partial charge in [-0.1, -0.05) is 0 Å². The summed E-state index contributed by atoms with van der Waals surface area (Å²) in [6.45, 7) is 1.32. The number of rotatable bonds is 4. The highest BCUT2D eigenvalue weighted by molar-refractivity contribution is 5.57. The number of ether oxygens (including phenoxy) is 1. The van der Waals surface area contributed by atoms with E-state index in [4.69, 9.17) is 4.74 Å². The number of nitrogens with zero attached hydrogens (tertiary/aromatic N) is 5. The Morgan fingerprint density at radius 1 is 1.03 bits per heavy atom. The van der Waals surface area contributed by atoms with Gasteiger partial charge < -0.3 is 10.1 Å². The Balaban J connectivity index is 1.26. The minimum absolute atomic E-state index is 0.0511. The molecule has 0 spiro atoms. The normalized spacial score (nSPS) is 21.1. The van der Waals surface area contributed by atoms with Crippen LogP contribution < -0.4 is 10.9 Å². The van der Waals surface area contributed by atoms with E-state index in [1.165, 1.54) is 0 Å². The van der Waals surface area contributed by atoms with Crippen LogP contribution >= 0.6 is 0 Å². The lowest BCUT2D eigenvalue weighted by atomic mass is 9.91. The summed E-state index contributed by atoms with van der Waals surface area (Å²) in [5.41, 5.74) is 3.86. The first kappa shape index (κ1) is 18.9. The van der Waals surface area contributed by atoms with Crippen LogP contribution in [0.5, 0.6) is 0 Å². The van der Waals surface area contributed by atoms with Crippen LogP contribution in [0, 0.1) is 0 Å². The van der Waals surface area contributed by atoms with Gasteiger partial charge in [0.1, 0.15) is 5.82 Å². The Kier molecular flexibility index (Phi) is 5.23. The highest BCUT2D eigenvalue weighted by atomic mass is 16.5. The monoisotopic (exact) mass is 404 g/mol. The summed E-state index contributed by atoms with van der Waals surface area (Å²) in [4.78, 5) is 16.5. The second-order valence-corrected chi connectivity index (χ2v) is 7.89. The number of anilines is 1. The van der Waals surface area contributed by atoms with Crippen LogP contribution in [0.15, 0.2) is 47.5 Å². The summed E-state index contributed by atoms with van der Waals surface area (Å²) in [5, 5.41) is 16.8. The van der Waals surface area contributed by atoms with Crippen molar-refractivity contribution >= 4 is 5.82 Å². The maximum atomic E-state index is 12.5. The number of pyridine rings is 1. The Bertz CT molecular complexity index is 1080. The fourth-order valence-corrected chi connectivity index (χ4v) is 4.25. The molecule has 8 heteroatoms. The minimum atomic E-state index is -0.0511. The molecule has 3 aromatic heterocycles. The predicted molar refractivity (Wildman–Crippen MR) is 112 cm³/mol. The van der Waals surface area contributed by atoms with Crippen molar-refractivity contribution < 1.29 is 4.74 Å². The molecule has 0 unspecified atom stereocenters. The molecule has 154 valence electrons. The van der Waals surface area contributed by atoms with Crippen LogP contribution in [-0.4, -0.2) is 37.6 Å². The molecule has 8 nitrogen and oxygen atoms in total. The summed E-state index contributed by atoms with van der Waals surface area (Å²) in [7, 11) is 0. The molecule has 1 aliphatic carbocycles. The maximum absolute atomic E-state index is 12.5. The molecule has 1 N–H and O–H groups in total. The van der Waals surface area contributed by atoms with Crippen molar-refractivity contribution in [2.24, 2.45) is 0 Å². The van der Waals surface area contributed by atoms with Gasteiger partial charge in [-0.3, -0.25) is 9.78 Å². The third-order valence-electron chi connectivity index (χ3n) is 5.90. The smallest absolute Gasteiger partial charge is 0.267 e. The van der Waals surface area contributed by atoms with E-state index in [1.54, 1.807) is 29.2 Å². The minimum Gasteiger partial charge on any atom is -0.376 e. The van der Waals surface area contributed by atoms with Crippen molar-refractivity contribution in [1.82, 2.24) is 25.0 Å². The lowest BCUT2D eigenvalue weighted by molar-refractivity contribution is 0.109. The Morgan fingerprint density at radius 2 is 1.87 bits per heavy atom. The molecule has 0 atom stereocenters. The van der Waals surface area contributed by atoms with Crippen LogP contribution in [0.4, 0.5) is 5.82 Å². The van der Waals surface area contributed by atoms with Crippen molar-refractivity contribution in [3.05, 3.63) is 64.3 Å². The van der Waals surface area contributed by atoms with E-state index < -0.39 is 0 Å². The van der Waals surface area contributed by atoms with Gasteiger partial charge in [0.15, 0.2) is 0 Å². The number of aromatic nitrogens is 5. The maximum Gasteiger partial charge on any atom is 0.267 e. The van der Waals surface area contributed by atoms with E-state index in [9.17, 15) is 4.79 Å². The van der Waals surface area contributed by atoms with Crippen molar-refractivity contribution in [3.63, 3.8) is 0 Å². The molecule has 4 heterocycles. The Hall–Kier alpha value is -3.13. The predicted octanol–water partition coefficient (Wildman–Crippen LogP) is 2.76. The quantitative estimate of drug-likeness (QED) is 0.714. The molecule has 1 aliphatic heterocycles. The molecule has 1 fully saturated rings. The van der Waals surface area contributed by atoms with Gasteiger partial charge in [-0.2, -0.15) is 10.2 Å². The van der Waals surface area contributed by atoms with Crippen LogP contribution in [0.3, 0.4) is 0 Å². The van der Waals surface area contributed by atoms with E-state index in [2.05, 4.69) is 31.7 Å². The van der Waals surface area contributed by atoms with Gasteiger partial charge in [0.2, 0.25) is 0 Å². The lowest BCUT2D eigenvalue weighted by Crippen LogP contribution is -2.33. The topological polar surface area (TPSA) is 94.8 Å². The van der Waals surface area contributed by atoms with Crippen molar-refractivity contribution in [2.45, 2.75) is 50.8 Å². The van der Waals surface area contributed by atoms with Gasteiger partial charge in [0.05, 0.1) is 30.6 Å². The van der Waals surface area contributed by atoms with Gasteiger partial charge >= 0.3 is 0 Å². The molecule has 1 saturated carbocycles. The van der Waals surface area contributed by atoms with Gasteiger partial charge in [-0.25, -0.2) is 4.68 Å². The average Bonchev–Trinajstić information content (AvgIpc) is 2.80. The summed E-state index contributed by atoms with van der Waals surface area (Å²) in [5.74, 6) is 0.803. The molecule has 0 saturated heterocycles. The van der Waals surface area contributed by atoms with Gasteiger partial charge in [-0.15, -0.1) is 5.10 Å². The highest BCUT2D eigenvalue weighted by Gasteiger charge is 2.25. The fourth-order valence-electron chi connectivity index (χ4n) is 4.25. The van der Waals surface area contributed by atoms with E-state index >= 15 is 0 Å². The Labute approximate surface area is 174 Å². The SMILES string of the molecule is O=c1ccc(-c2ccncc2)nn1C1CCC(Nc2cc3c(nn2)CCOC3)CC1. The summed E-state index contributed by atoms with van der Waals surface area (Å²) in [6, 6.07) is 9.68. The van der Waals surface area contributed by atoms with Crippen LogP contribution in [0.2, 0.25) is 0 Å². The van der Waals surface area contributed by atoms with Crippen LogP contribution in [0.25, 0.3) is 11.3 Å². The number of fused-ring (bicyclic) bond motifs is 1. The van der Waals surface area contributed by atoms with Crippen LogP contribution in [-0.2, 0) is 17.8 Å². The zero-order valence-corrected chi connectivity index (χ0v) is 16.7. The zero-order chi connectivity index (χ0) is 20.3. The van der Waals surface area contributed by atoms with Crippen molar-refractivity contribution in [2.75, 3.05) is 11.9 Å². The lowest BCUT2D eigenvalue weighted by Gasteiger charge is -2.30. The third kappa shape index (κ3) is 3.95. The molecular formula is C22H24N6O2. The van der Waals surface area contributed by atoms with Crippen molar-refractivity contribution in [3.8, 4) is 11.3 Å². The second-order valence-electron chi connectivity index (χ2n) is 7.89. The molecule has 0 aromatic carbocycles. The largest absolute Gasteiger partial charge is 0.376 e. The molecule has 3 aromatic rings. The van der Waals surface area contributed by atoms with Crippen LogP contribution in [0.1, 0.15) is 43.0 Å². The van der Waals surface area contributed by atoms with E-state index in [0.717, 1.165) is 60.4 Å². The highest BCUT2D eigenvalue weighted by Crippen LogP contribution is 2.29. The van der Waals surface area contributed by atoms with E-state index in [0.29, 0.717) is 19.3 Å². The van der Waals surface area contributed by atoms with E-state index in [-0.39, 0.29) is 11.6 Å². The molecule has 0 bridgehead atoms. The standard InChI is InChI=1S/C22H24N6O2/c29-22-6-5-20(15-7-10-23-11-8-15)27-28(22)18-3-1-17(2-4-18)24-21-13-16-14-30-12-9-19(16)25-26-21/h5-8,10-11,13,17-18H,1-4,9,12,14H2,(H,24,26). The summed E-state index contributed by atoms with van der Waals surface area (Å²) >= 11 is 0. The first-order valence-electron chi connectivity index (χ1n) is 10.5. The molecule has 5 rings (SSSR count). The first-order chi connectivity index (χ1) is 14.8. The summed E-state index contributed by atoms with van der Waals surface area (Å²) in [6.07, 6.45) is 7.99. The number of hydrogen-bond donors (Lipinski definition) is 1. The van der Waals surface area contributed by atoms with Crippen molar-refractivity contribution in [1.29, 1.82) is 0 Å². The molecule has 0 amide bonds. The number of hydrogen-bond acceptors (Lipinski definition) is 7. The Morgan fingerprint density at radius 3 is 2.70 bits per heavy atom. The molecule has 30 heavy (non-hydrogen) atoms. The molecular weight excluding hydrogens is 380 g/mol. The molecule has 2 aliphatic rings. The van der Waals surface area contributed by atoms with E-state index in [1.807, 2.05) is 12.1 Å². The molecule has 0 radical (unpaired) electrons. The first-order valence-corrected chi connectivity index (χ1v) is 10.5. The third-order valence-corrected chi connectivity index (χ3v) is 5.90. The summed E-state index contributed by atoms with van der Waals surface area (Å²) < 4.78 is 7.17. The zero-order valence-electron chi connectivity index (χ0n) is 16.7.